The Balaban J connectivity index is 1.28. The van der Waals surface area contributed by atoms with Crippen LogP contribution in [-0.2, 0) is 16.0 Å². The monoisotopic (exact) mass is 352 g/mol. The summed E-state index contributed by atoms with van der Waals surface area (Å²) in [4.78, 5) is 25.7. The summed E-state index contributed by atoms with van der Waals surface area (Å²) in [6, 6.07) is 11.5. The molecular formula is C21H24N2O3. The highest BCUT2D eigenvalue weighted by molar-refractivity contribution is 5.96. The van der Waals surface area contributed by atoms with Gasteiger partial charge in [-0.25, -0.2) is 0 Å². The summed E-state index contributed by atoms with van der Waals surface area (Å²) < 4.78 is 5.84. The minimum absolute atomic E-state index is 0.0345. The van der Waals surface area contributed by atoms with Crippen molar-refractivity contribution in [2.75, 3.05) is 16.8 Å². The van der Waals surface area contributed by atoms with Gasteiger partial charge < -0.3 is 14.6 Å². The fourth-order valence-corrected chi connectivity index (χ4v) is 3.55. The molecule has 136 valence electrons. The van der Waals surface area contributed by atoms with E-state index < -0.39 is 0 Å². The number of benzene rings is 1. The van der Waals surface area contributed by atoms with Gasteiger partial charge in [-0.05, 0) is 55.2 Å². The van der Waals surface area contributed by atoms with Gasteiger partial charge in [0, 0.05) is 43.1 Å². The third-order valence-corrected chi connectivity index (χ3v) is 5.29. The van der Waals surface area contributed by atoms with E-state index in [4.69, 9.17) is 4.42 Å². The lowest BCUT2D eigenvalue weighted by molar-refractivity contribution is -0.117. The number of carbonyl (C=O) groups excluding carboxylic acids is 2. The molecule has 1 saturated carbocycles. The fourth-order valence-electron chi connectivity index (χ4n) is 3.55. The number of aryl methyl sites for hydroxylation is 1. The zero-order chi connectivity index (χ0) is 18.1. The van der Waals surface area contributed by atoms with Gasteiger partial charge in [-0.1, -0.05) is 6.92 Å². The zero-order valence-electron chi connectivity index (χ0n) is 15.0. The minimum Gasteiger partial charge on any atom is -0.466 e. The van der Waals surface area contributed by atoms with Gasteiger partial charge in [0.15, 0.2) is 0 Å². The SMILES string of the molecule is CC1CC1c1ccc(CCC(=O)Nc2ccc(N3CCCC3=O)cc2)o1. The Bertz CT molecular complexity index is 809. The summed E-state index contributed by atoms with van der Waals surface area (Å²) >= 11 is 0. The average Bonchev–Trinajstić information content (AvgIpc) is 3.01. The van der Waals surface area contributed by atoms with Gasteiger partial charge in [-0.2, -0.15) is 0 Å². The Morgan fingerprint density at radius 3 is 2.65 bits per heavy atom. The number of rotatable bonds is 6. The molecule has 2 amide bonds. The van der Waals surface area contributed by atoms with Crippen LogP contribution in [0.4, 0.5) is 11.4 Å². The first-order chi connectivity index (χ1) is 12.6. The lowest BCUT2D eigenvalue weighted by Gasteiger charge is -2.16. The van der Waals surface area contributed by atoms with Crippen LogP contribution in [0.5, 0.6) is 0 Å². The quantitative estimate of drug-likeness (QED) is 0.851. The molecule has 0 radical (unpaired) electrons. The van der Waals surface area contributed by atoms with Crippen LogP contribution in [0.2, 0.25) is 0 Å². The molecule has 0 spiro atoms. The molecule has 4 rings (SSSR count). The maximum Gasteiger partial charge on any atom is 0.227 e. The van der Waals surface area contributed by atoms with Crippen LogP contribution in [-0.4, -0.2) is 18.4 Å². The van der Waals surface area contributed by atoms with Crippen LogP contribution >= 0.6 is 0 Å². The van der Waals surface area contributed by atoms with Crippen LogP contribution in [0.1, 0.15) is 50.0 Å². The molecular weight excluding hydrogens is 328 g/mol. The number of nitrogens with zero attached hydrogens (tertiary/aromatic N) is 1. The fraction of sp³-hybridized carbons (Fsp3) is 0.429. The molecule has 2 unspecified atom stereocenters. The van der Waals surface area contributed by atoms with Crippen molar-refractivity contribution in [1.29, 1.82) is 0 Å². The van der Waals surface area contributed by atoms with Gasteiger partial charge in [0.1, 0.15) is 11.5 Å². The summed E-state index contributed by atoms with van der Waals surface area (Å²) in [5.74, 6) is 3.35. The Kier molecular flexibility index (Phi) is 4.53. The molecule has 2 heterocycles. The number of hydrogen-bond donors (Lipinski definition) is 1. The van der Waals surface area contributed by atoms with Crippen molar-refractivity contribution in [3.63, 3.8) is 0 Å². The van der Waals surface area contributed by atoms with Gasteiger partial charge in [0.2, 0.25) is 11.8 Å². The van der Waals surface area contributed by atoms with E-state index in [-0.39, 0.29) is 11.8 Å². The molecule has 0 bridgehead atoms. The Hall–Kier alpha value is -2.56. The van der Waals surface area contributed by atoms with Crippen molar-refractivity contribution in [3.05, 3.63) is 47.9 Å². The third-order valence-electron chi connectivity index (χ3n) is 5.29. The van der Waals surface area contributed by atoms with Crippen LogP contribution in [0, 0.1) is 5.92 Å². The van der Waals surface area contributed by atoms with Gasteiger partial charge in [-0.15, -0.1) is 0 Å². The summed E-state index contributed by atoms with van der Waals surface area (Å²) in [5, 5.41) is 2.91. The normalized spacial score (nSPS) is 21.9. The van der Waals surface area contributed by atoms with Gasteiger partial charge in [0.25, 0.3) is 0 Å². The highest BCUT2D eigenvalue weighted by atomic mass is 16.3. The zero-order valence-corrected chi connectivity index (χ0v) is 15.0. The van der Waals surface area contributed by atoms with E-state index in [0.29, 0.717) is 25.2 Å². The van der Waals surface area contributed by atoms with E-state index in [1.807, 2.05) is 36.4 Å². The van der Waals surface area contributed by atoms with E-state index in [0.717, 1.165) is 41.8 Å². The predicted molar refractivity (Wildman–Crippen MR) is 100 cm³/mol. The highest BCUT2D eigenvalue weighted by Crippen LogP contribution is 2.47. The largest absolute Gasteiger partial charge is 0.466 e. The number of carbonyl (C=O) groups is 2. The summed E-state index contributed by atoms with van der Waals surface area (Å²) in [6.45, 7) is 3.00. The van der Waals surface area contributed by atoms with Crippen molar-refractivity contribution < 1.29 is 14.0 Å². The number of amides is 2. The molecule has 1 N–H and O–H groups in total. The molecule has 5 nitrogen and oxygen atoms in total. The Labute approximate surface area is 153 Å². The lowest BCUT2D eigenvalue weighted by Crippen LogP contribution is -2.23. The average molecular weight is 352 g/mol. The second-order valence-electron chi connectivity index (χ2n) is 7.37. The Morgan fingerprint density at radius 2 is 2.00 bits per heavy atom. The maximum absolute atomic E-state index is 12.2. The maximum atomic E-state index is 12.2. The first-order valence-electron chi connectivity index (χ1n) is 9.39. The van der Waals surface area contributed by atoms with Crippen LogP contribution in [0.3, 0.4) is 0 Å². The number of nitrogens with one attached hydrogen (secondary N) is 1. The first-order valence-corrected chi connectivity index (χ1v) is 9.39. The molecule has 1 aromatic carbocycles. The molecule has 2 fully saturated rings. The van der Waals surface area contributed by atoms with E-state index in [1.54, 1.807) is 4.90 Å². The molecule has 1 saturated heterocycles. The van der Waals surface area contributed by atoms with Crippen molar-refractivity contribution in [2.24, 2.45) is 5.92 Å². The molecule has 2 atom stereocenters. The van der Waals surface area contributed by atoms with Crippen molar-refractivity contribution in [2.45, 2.75) is 44.9 Å². The minimum atomic E-state index is -0.0345. The van der Waals surface area contributed by atoms with Crippen LogP contribution < -0.4 is 10.2 Å². The number of anilines is 2. The van der Waals surface area contributed by atoms with E-state index >= 15 is 0 Å². The van der Waals surface area contributed by atoms with Crippen molar-refractivity contribution in [3.8, 4) is 0 Å². The van der Waals surface area contributed by atoms with Gasteiger partial charge in [0.05, 0.1) is 0 Å². The van der Waals surface area contributed by atoms with E-state index in [2.05, 4.69) is 12.2 Å². The topological polar surface area (TPSA) is 62.6 Å². The van der Waals surface area contributed by atoms with E-state index in [9.17, 15) is 9.59 Å². The Morgan fingerprint density at radius 1 is 1.23 bits per heavy atom. The third kappa shape index (κ3) is 3.66. The lowest BCUT2D eigenvalue weighted by atomic mass is 10.2. The van der Waals surface area contributed by atoms with Crippen LogP contribution in [0.25, 0.3) is 0 Å². The van der Waals surface area contributed by atoms with Gasteiger partial charge in [-0.3, -0.25) is 9.59 Å². The first kappa shape index (κ1) is 16.9. The molecule has 5 heteroatoms. The van der Waals surface area contributed by atoms with Crippen molar-refractivity contribution in [1.82, 2.24) is 0 Å². The van der Waals surface area contributed by atoms with Crippen molar-refractivity contribution >= 4 is 23.2 Å². The molecule has 1 aliphatic heterocycles. The molecule has 1 aliphatic carbocycles. The standard InChI is InChI=1S/C21H24N2O3/c1-14-13-18(14)19-10-8-17(26-19)9-11-20(24)22-15-4-6-16(7-5-15)23-12-2-3-21(23)25/h4-8,10,14,18H,2-3,9,11-13H2,1H3,(H,22,24). The highest BCUT2D eigenvalue weighted by Gasteiger charge is 2.36. The summed E-state index contributed by atoms with van der Waals surface area (Å²) in [7, 11) is 0. The molecule has 2 aromatic rings. The molecule has 26 heavy (non-hydrogen) atoms. The van der Waals surface area contributed by atoms with Gasteiger partial charge >= 0.3 is 0 Å². The molecule has 2 aliphatic rings. The second kappa shape index (κ2) is 6.98. The number of furan rings is 1. The second-order valence-corrected chi connectivity index (χ2v) is 7.37. The smallest absolute Gasteiger partial charge is 0.227 e. The predicted octanol–water partition coefficient (Wildman–Crippen LogP) is 4.10. The summed E-state index contributed by atoms with van der Waals surface area (Å²) in [6.07, 6.45) is 3.72. The van der Waals surface area contributed by atoms with Crippen LogP contribution in [0.15, 0.2) is 40.8 Å². The number of hydrogen-bond acceptors (Lipinski definition) is 3. The van der Waals surface area contributed by atoms with E-state index in [1.165, 1.54) is 6.42 Å². The molecule has 1 aromatic heterocycles. The summed E-state index contributed by atoms with van der Waals surface area (Å²) in [5.41, 5.74) is 1.64.